The van der Waals surface area contributed by atoms with Gasteiger partial charge in [-0.15, -0.1) is 10.3 Å². The van der Waals surface area contributed by atoms with E-state index in [4.69, 9.17) is 10.6 Å². The quantitative estimate of drug-likeness (QED) is 0.846. The van der Waals surface area contributed by atoms with E-state index in [1.54, 1.807) is 0 Å². The van der Waals surface area contributed by atoms with Crippen molar-refractivity contribution in [2.75, 3.05) is 0 Å². The lowest BCUT2D eigenvalue weighted by atomic mass is 9.77. The van der Waals surface area contributed by atoms with Crippen LogP contribution in [0.5, 0.6) is 0 Å². The Kier molecular flexibility index (Phi) is 4.71. The Labute approximate surface area is 142 Å². The first-order valence-corrected chi connectivity index (χ1v) is 8.92. The molecule has 5 nitrogen and oxygen atoms in total. The summed E-state index contributed by atoms with van der Waals surface area (Å²) in [7, 11) is 0. The third-order valence-corrected chi connectivity index (χ3v) is 5.79. The zero-order valence-corrected chi connectivity index (χ0v) is 16.3. The van der Waals surface area contributed by atoms with E-state index in [-0.39, 0.29) is 23.2 Å². The van der Waals surface area contributed by atoms with Gasteiger partial charge in [-0.2, -0.15) is 5.06 Å². The predicted molar refractivity (Wildman–Crippen MR) is 92.0 cm³/mol. The van der Waals surface area contributed by atoms with Crippen LogP contribution in [-0.4, -0.2) is 44.4 Å². The van der Waals surface area contributed by atoms with Crippen LogP contribution in [0.1, 0.15) is 81.1 Å². The van der Waals surface area contributed by atoms with Gasteiger partial charge < -0.3 is 5.73 Å². The van der Waals surface area contributed by atoms with Gasteiger partial charge in [-0.05, 0) is 81.1 Å². The minimum absolute atomic E-state index is 0.0573. The second-order valence-electron chi connectivity index (χ2n) is 9.93. The van der Waals surface area contributed by atoms with Gasteiger partial charge in [0.15, 0.2) is 0 Å². The number of hydrogen-bond donors (Lipinski definition) is 1. The summed E-state index contributed by atoms with van der Waals surface area (Å²) in [4.78, 5) is 6.52. The number of nitrogens with zero attached hydrogens (tertiary/aromatic N) is 2. The molecule has 0 aromatic carbocycles. The molecular weight excluding hydrogens is 290 g/mol. The van der Waals surface area contributed by atoms with Crippen LogP contribution in [0.2, 0.25) is 0 Å². The van der Waals surface area contributed by atoms with Gasteiger partial charge in [0.1, 0.15) is 6.10 Å². The molecule has 135 valence electrons. The molecule has 0 spiro atoms. The van der Waals surface area contributed by atoms with Gasteiger partial charge in [-0.3, -0.25) is 4.84 Å². The van der Waals surface area contributed by atoms with Gasteiger partial charge in [0.25, 0.3) is 0 Å². The highest BCUT2D eigenvalue weighted by molar-refractivity contribution is 5.05. The Balaban J connectivity index is 2.30. The first-order chi connectivity index (χ1) is 10.2. The van der Waals surface area contributed by atoms with Crippen LogP contribution in [0, 0.1) is 0 Å². The highest BCUT2D eigenvalue weighted by atomic mass is 16.7. The van der Waals surface area contributed by atoms with Gasteiger partial charge in [-0.1, -0.05) is 0 Å². The molecule has 0 saturated carbocycles. The molecule has 2 N–H and O–H groups in total. The molecule has 0 aromatic rings. The molecule has 0 amide bonds. The maximum atomic E-state index is 12.9. The van der Waals surface area contributed by atoms with Crippen molar-refractivity contribution >= 4 is 0 Å². The van der Waals surface area contributed by atoms with Gasteiger partial charge in [0, 0.05) is 22.7 Å². The van der Waals surface area contributed by atoms with E-state index in [1.165, 1.54) is 11.5 Å². The van der Waals surface area contributed by atoms with Crippen molar-refractivity contribution in [1.82, 2.24) is 10.1 Å². The van der Waals surface area contributed by atoms with Gasteiger partial charge >= 0.3 is 0 Å². The summed E-state index contributed by atoms with van der Waals surface area (Å²) in [6.45, 7) is 16.7. The van der Waals surface area contributed by atoms with Crippen molar-refractivity contribution in [1.29, 1.82) is 0 Å². The molecule has 2 atom stereocenters. The standard InChI is InChI=1S/C18H36N3O2/c1-15(2)10-9-11-16(3,4)21(15)23-14-13(19)12-17(5,6)20(22)18(14,7)8/h13-14H,9-12,19H2,1-8H3. The molecule has 2 saturated heterocycles. The zero-order valence-electron chi connectivity index (χ0n) is 16.3. The summed E-state index contributed by atoms with van der Waals surface area (Å²) in [5.74, 6) is 0. The van der Waals surface area contributed by atoms with Crippen molar-refractivity contribution in [2.24, 2.45) is 5.73 Å². The summed E-state index contributed by atoms with van der Waals surface area (Å²) in [6.07, 6.45) is 3.70. The summed E-state index contributed by atoms with van der Waals surface area (Å²) >= 11 is 0. The third-order valence-electron chi connectivity index (χ3n) is 5.79. The Hall–Kier alpha value is -0.200. The van der Waals surface area contributed by atoms with Crippen LogP contribution >= 0.6 is 0 Å². The molecule has 2 fully saturated rings. The smallest absolute Gasteiger partial charge is 0.115 e. The number of rotatable bonds is 2. The summed E-state index contributed by atoms with van der Waals surface area (Å²) in [5.41, 5.74) is 5.23. The highest BCUT2D eigenvalue weighted by Gasteiger charge is 2.55. The fourth-order valence-corrected chi connectivity index (χ4v) is 4.77. The molecular formula is C18H36N3O2. The summed E-state index contributed by atoms with van der Waals surface area (Å²) in [6, 6.07) is -0.154. The normalized spacial score (nSPS) is 36.8. The molecule has 2 rings (SSSR count). The van der Waals surface area contributed by atoms with E-state index in [2.05, 4.69) is 32.8 Å². The van der Waals surface area contributed by atoms with Gasteiger partial charge in [0.2, 0.25) is 0 Å². The minimum Gasteiger partial charge on any atom is -0.325 e. The van der Waals surface area contributed by atoms with Crippen molar-refractivity contribution in [3.05, 3.63) is 0 Å². The van der Waals surface area contributed by atoms with Crippen LogP contribution < -0.4 is 5.73 Å². The van der Waals surface area contributed by atoms with E-state index < -0.39 is 11.1 Å². The molecule has 0 bridgehead atoms. The third kappa shape index (κ3) is 3.31. The highest BCUT2D eigenvalue weighted by Crippen LogP contribution is 2.43. The fourth-order valence-electron chi connectivity index (χ4n) is 4.77. The topological polar surface area (TPSA) is 61.6 Å². The number of piperidine rings is 2. The van der Waals surface area contributed by atoms with Crippen molar-refractivity contribution in [2.45, 2.75) is 115 Å². The van der Waals surface area contributed by atoms with Crippen LogP contribution in [0.25, 0.3) is 0 Å². The van der Waals surface area contributed by atoms with Gasteiger partial charge in [0.05, 0.1) is 5.54 Å². The fraction of sp³-hybridized carbons (Fsp3) is 1.00. The van der Waals surface area contributed by atoms with Crippen LogP contribution in [0.3, 0.4) is 0 Å². The van der Waals surface area contributed by atoms with Crippen LogP contribution in [0.4, 0.5) is 0 Å². The van der Waals surface area contributed by atoms with Gasteiger partial charge in [-0.25, -0.2) is 0 Å². The number of hydroxylamine groups is 4. The SMILES string of the molecule is CC1(C)CCCC(C)(C)N1OC1C(N)CC(C)(C)N([O])C1(C)C. The molecule has 5 heteroatoms. The predicted octanol–water partition coefficient (Wildman–Crippen LogP) is 3.27. The van der Waals surface area contributed by atoms with E-state index >= 15 is 0 Å². The van der Waals surface area contributed by atoms with Crippen molar-refractivity contribution in [3.63, 3.8) is 0 Å². The molecule has 2 heterocycles. The van der Waals surface area contributed by atoms with Crippen LogP contribution in [-0.2, 0) is 10.0 Å². The lowest BCUT2D eigenvalue weighted by Crippen LogP contribution is -2.72. The molecule has 0 aromatic heterocycles. The van der Waals surface area contributed by atoms with E-state index in [1.807, 2.05) is 27.7 Å². The lowest BCUT2D eigenvalue weighted by molar-refractivity contribution is -0.375. The molecule has 0 aliphatic carbocycles. The maximum absolute atomic E-state index is 12.9. The van der Waals surface area contributed by atoms with E-state index in [0.29, 0.717) is 6.42 Å². The second-order valence-corrected chi connectivity index (χ2v) is 9.93. The van der Waals surface area contributed by atoms with Crippen molar-refractivity contribution < 1.29 is 10.0 Å². The largest absolute Gasteiger partial charge is 0.325 e. The molecule has 2 unspecified atom stereocenters. The Morgan fingerprint density at radius 1 is 0.913 bits per heavy atom. The Morgan fingerprint density at radius 2 is 1.39 bits per heavy atom. The lowest BCUT2D eigenvalue weighted by Gasteiger charge is -2.58. The molecule has 23 heavy (non-hydrogen) atoms. The summed E-state index contributed by atoms with van der Waals surface area (Å²) in [5, 5.41) is 16.2. The molecule has 2 aliphatic heterocycles. The number of nitrogens with two attached hydrogens (primary N) is 1. The average Bonchev–Trinajstić information content (AvgIpc) is 2.33. The average molecular weight is 327 g/mol. The first-order valence-electron chi connectivity index (χ1n) is 8.92. The van der Waals surface area contributed by atoms with Crippen LogP contribution in [0.15, 0.2) is 0 Å². The maximum Gasteiger partial charge on any atom is 0.115 e. The molecule has 2 aliphatic rings. The molecule has 1 radical (unpaired) electrons. The minimum atomic E-state index is -0.662. The zero-order chi connectivity index (χ0) is 17.8. The van der Waals surface area contributed by atoms with E-state index in [0.717, 1.165) is 12.8 Å². The van der Waals surface area contributed by atoms with E-state index in [9.17, 15) is 5.21 Å². The second kappa shape index (κ2) is 5.67. The van der Waals surface area contributed by atoms with Crippen molar-refractivity contribution in [3.8, 4) is 0 Å². The Morgan fingerprint density at radius 3 is 1.87 bits per heavy atom. The first kappa shape index (κ1) is 19.1. The monoisotopic (exact) mass is 326 g/mol. The Bertz CT molecular complexity index is 430. The number of hydrogen-bond acceptors (Lipinski definition) is 4. The summed E-state index contributed by atoms with van der Waals surface area (Å²) < 4.78 is 0.